The topological polar surface area (TPSA) is 90.7 Å². The maximum Gasteiger partial charge on any atom is 0.241 e. The van der Waals surface area contributed by atoms with Crippen molar-refractivity contribution < 1.29 is 17.9 Å². The van der Waals surface area contributed by atoms with Gasteiger partial charge in [0.2, 0.25) is 10.0 Å². The number of ether oxygens (including phenoxy) is 2. The van der Waals surface area contributed by atoms with Crippen LogP contribution >= 0.6 is 0 Å². The average molecular weight is 316 g/mol. The minimum atomic E-state index is -3.64. The Morgan fingerprint density at radius 1 is 1.19 bits per heavy atom. The molecule has 0 bridgehead atoms. The van der Waals surface area contributed by atoms with Crippen LogP contribution in [-0.2, 0) is 10.0 Å². The van der Waals surface area contributed by atoms with Crippen LogP contribution in [0.15, 0.2) is 17.0 Å². The number of sulfonamides is 1. The summed E-state index contributed by atoms with van der Waals surface area (Å²) >= 11 is 0. The van der Waals surface area contributed by atoms with Crippen molar-refractivity contribution in [2.45, 2.75) is 31.7 Å². The number of nitrogens with two attached hydrogens (primary N) is 1. The molecule has 3 N–H and O–H groups in total. The highest BCUT2D eigenvalue weighted by Crippen LogP contribution is 2.32. The second kappa shape index (κ2) is 7.11. The fraction of sp³-hybridized carbons (Fsp3) is 0.571. The van der Waals surface area contributed by atoms with Crippen LogP contribution in [-0.4, -0.2) is 35.2 Å². The molecule has 0 saturated heterocycles. The first-order valence-corrected chi connectivity index (χ1v) is 8.19. The van der Waals surface area contributed by atoms with E-state index in [1.807, 2.05) is 13.8 Å². The van der Waals surface area contributed by atoms with Crippen LogP contribution < -0.4 is 19.9 Å². The van der Waals surface area contributed by atoms with Gasteiger partial charge in [-0.2, -0.15) is 0 Å². The van der Waals surface area contributed by atoms with Crippen LogP contribution in [0, 0.1) is 12.8 Å². The zero-order valence-corrected chi connectivity index (χ0v) is 14.0. The Bertz CT molecular complexity index is 585. The fourth-order valence-electron chi connectivity index (χ4n) is 1.77. The maximum absolute atomic E-state index is 12.4. The lowest BCUT2D eigenvalue weighted by Crippen LogP contribution is -2.40. The zero-order chi connectivity index (χ0) is 16.2. The predicted octanol–water partition coefficient (Wildman–Crippen LogP) is 1.27. The van der Waals surface area contributed by atoms with Crippen LogP contribution in [0.1, 0.15) is 19.4 Å². The highest BCUT2D eigenvalue weighted by Gasteiger charge is 2.21. The molecule has 0 aromatic heterocycles. The second-order valence-electron chi connectivity index (χ2n) is 5.23. The third-order valence-electron chi connectivity index (χ3n) is 3.34. The van der Waals surface area contributed by atoms with E-state index in [4.69, 9.17) is 15.2 Å². The molecular formula is C14H24N2O4S. The summed E-state index contributed by atoms with van der Waals surface area (Å²) in [4.78, 5) is 0.163. The third-order valence-corrected chi connectivity index (χ3v) is 4.90. The first kappa shape index (κ1) is 17.7. The summed E-state index contributed by atoms with van der Waals surface area (Å²) in [5, 5.41) is 0. The predicted molar refractivity (Wildman–Crippen MR) is 82.3 cm³/mol. The Kier molecular flexibility index (Phi) is 6.00. The van der Waals surface area contributed by atoms with Crippen LogP contribution in [0.2, 0.25) is 0 Å². The largest absolute Gasteiger partial charge is 0.493 e. The van der Waals surface area contributed by atoms with Gasteiger partial charge in [0, 0.05) is 18.7 Å². The first-order chi connectivity index (χ1) is 9.72. The van der Waals surface area contributed by atoms with E-state index < -0.39 is 10.0 Å². The number of rotatable bonds is 7. The fourth-order valence-corrected chi connectivity index (χ4v) is 3.08. The van der Waals surface area contributed by atoms with Gasteiger partial charge in [0.25, 0.3) is 0 Å². The summed E-state index contributed by atoms with van der Waals surface area (Å²) in [6, 6.07) is 2.85. The van der Waals surface area contributed by atoms with Gasteiger partial charge in [-0.15, -0.1) is 0 Å². The van der Waals surface area contributed by atoms with E-state index in [0.717, 1.165) is 0 Å². The lowest BCUT2D eigenvalue weighted by Gasteiger charge is -2.18. The highest BCUT2D eigenvalue weighted by molar-refractivity contribution is 7.89. The summed E-state index contributed by atoms with van der Waals surface area (Å²) in [7, 11) is -0.673. The highest BCUT2D eigenvalue weighted by atomic mass is 32.2. The van der Waals surface area contributed by atoms with E-state index in [1.54, 1.807) is 13.0 Å². The third kappa shape index (κ3) is 4.33. The molecule has 0 aliphatic carbocycles. The summed E-state index contributed by atoms with van der Waals surface area (Å²) in [5.41, 5.74) is 6.45. The molecule has 7 heteroatoms. The van der Waals surface area contributed by atoms with Crippen LogP contribution in [0.5, 0.6) is 11.5 Å². The number of aryl methyl sites for hydroxylation is 1. The molecule has 0 saturated carbocycles. The number of benzene rings is 1. The van der Waals surface area contributed by atoms with Crippen molar-refractivity contribution in [2.24, 2.45) is 11.7 Å². The molecule has 0 fully saturated rings. The molecule has 120 valence electrons. The van der Waals surface area contributed by atoms with Crippen LogP contribution in [0.3, 0.4) is 0 Å². The molecule has 1 unspecified atom stereocenters. The molecule has 0 spiro atoms. The van der Waals surface area contributed by atoms with Crippen molar-refractivity contribution in [3.8, 4) is 11.5 Å². The number of nitrogens with one attached hydrogen (secondary N) is 1. The zero-order valence-electron chi connectivity index (χ0n) is 13.1. The van der Waals surface area contributed by atoms with Gasteiger partial charge in [0.15, 0.2) is 11.5 Å². The Labute approximate surface area is 126 Å². The number of hydrogen-bond acceptors (Lipinski definition) is 5. The van der Waals surface area contributed by atoms with Gasteiger partial charge in [-0.25, -0.2) is 13.1 Å². The average Bonchev–Trinajstić information content (AvgIpc) is 2.43. The molecule has 0 aliphatic rings. The van der Waals surface area contributed by atoms with E-state index >= 15 is 0 Å². The van der Waals surface area contributed by atoms with Crippen LogP contribution in [0.4, 0.5) is 0 Å². The molecule has 0 heterocycles. The smallest absolute Gasteiger partial charge is 0.241 e. The minimum Gasteiger partial charge on any atom is -0.493 e. The Morgan fingerprint density at radius 2 is 1.71 bits per heavy atom. The van der Waals surface area contributed by atoms with Gasteiger partial charge in [-0.05, 0) is 24.5 Å². The Balaban J connectivity index is 3.08. The Morgan fingerprint density at radius 3 is 2.19 bits per heavy atom. The molecule has 21 heavy (non-hydrogen) atoms. The molecular weight excluding hydrogens is 292 g/mol. The van der Waals surface area contributed by atoms with Gasteiger partial charge in [-0.3, -0.25) is 0 Å². The summed E-state index contributed by atoms with van der Waals surface area (Å²) in [6.45, 7) is 5.79. The Hall–Kier alpha value is -1.31. The number of hydrogen-bond donors (Lipinski definition) is 2. The molecule has 1 atom stereocenters. The lowest BCUT2D eigenvalue weighted by atomic mass is 10.1. The molecule has 0 aliphatic heterocycles. The molecule has 1 aromatic carbocycles. The standard InChI is InChI=1S/C14H24N2O4S/c1-9(2)11(15)8-16-21(17,18)14-7-13(20-5)12(19-4)6-10(14)3/h6-7,9,11,16H,8,15H2,1-5H3. The summed E-state index contributed by atoms with van der Waals surface area (Å²) < 4.78 is 37.6. The molecule has 0 radical (unpaired) electrons. The molecule has 0 amide bonds. The van der Waals surface area contributed by atoms with Crippen molar-refractivity contribution in [3.05, 3.63) is 17.7 Å². The van der Waals surface area contributed by atoms with Crippen molar-refractivity contribution >= 4 is 10.0 Å². The van der Waals surface area contributed by atoms with Gasteiger partial charge >= 0.3 is 0 Å². The second-order valence-corrected chi connectivity index (χ2v) is 6.97. The van der Waals surface area contributed by atoms with E-state index in [0.29, 0.717) is 17.1 Å². The van der Waals surface area contributed by atoms with Gasteiger partial charge in [0.05, 0.1) is 19.1 Å². The first-order valence-electron chi connectivity index (χ1n) is 6.70. The van der Waals surface area contributed by atoms with Crippen molar-refractivity contribution in [2.75, 3.05) is 20.8 Å². The lowest BCUT2D eigenvalue weighted by molar-refractivity contribution is 0.353. The monoisotopic (exact) mass is 316 g/mol. The van der Waals surface area contributed by atoms with Crippen LogP contribution in [0.25, 0.3) is 0 Å². The van der Waals surface area contributed by atoms with Crippen molar-refractivity contribution in [1.29, 1.82) is 0 Å². The number of methoxy groups -OCH3 is 2. The van der Waals surface area contributed by atoms with Gasteiger partial charge < -0.3 is 15.2 Å². The summed E-state index contributed by atoms with van der Waals surface area (Å²) in [6.07, 6.45) is 0. The quantitative estimate of drug-likeness (QED) is 0.790. The van der Waals surface area contributed by atoms with Crippen molar-refractivity contribution in [3.63, 3.8) is 0 Å². The molecule has 6 nitrogen and oxygen atoms in total. The van der Waals surface area contributed by atoms with E-state index in [1.165, 1.54) is 20.3 Å². The normalized spacial score (nSPS) is 13.3. The van der Waals surface area contributed by atoms with E-state index in [-0.39, 0.29) is 23.4 Å². The van der Waals surface area contributed by atoms with Gasteiger partial charge in [-0.1, -0.05) is 13.8 Å². The SMILES string of the molecule is COc1cc(C)c(S(=O)(=O)NCC(N)C(C)C)cc1OC. The van der Waals surface area contributed by atoms with E-state index in [2.05, 4.69) is 4.72 Å². The van der Waals surface area contributed by atoms with Gasteiger partial charge in [0.1, 0.15) is 0 Å². The van der Waals surface area contributed by atoms with E-state index in [9.17, 15) is 8.42 Å². The minimum absolute atomic E-state index is 0.163. The maximum atomic E-state index is 12.4. The molecule has 1 rings (SSSR count). The molecule has 1 aromatic rings. The van der Waals surface area contributed by atoms with Crippen molar-refractivity contribution in [1.82, 2.24) is 4.72 Å². The summed E-state index contributed by atoms with van der Waals surface area (Å²) in [5.74, 6) is 1.06.